The average molecular weight is 399 g/mol. The van der Waals surface area contributed by atoms with Gasteiger partial charge in [-0.05, 0) is 35.4 Å². The summed E-state index contributed by atoms with van der Waals surface area (Å²) in [6.45, 7) is 0. The lowest BCUT2D eigenvalue weighted by molar-refractivity contribution is -0.137. The van der Waals surface area contributed by atoms with Crippen molar-refractivity contribution < 1.29 is 13.2 Å². The lowest BCUT2D eigenvalue weighted by atomic mass is 10.0. The fourth-order valence-corrected chi connectivity index (χ4v) is 3.48. The molecule has 0 amide bonds. The Morgan fingerprint density at radius 1 is 1.07 bits per heavy atom. The van der Waals surface area contributed by atoms with E-state index in [2.05, 4.69) is 9.97 Å². The number of aromatic nitrogens is 3. The molecule has 0 aliphatic rings. The maximum atomic E-state index is 13.0. The van der Waals surface area contributed by atoms with E-state index in [1.54, 1.807) is 42.2 Å². The summed E-state index contributed by atoms with van der Waals surface area (Å²) in [7, 11) is 0. The van der Waals surface area contributed by atoms with Gasteiger partial charge in [-0.1, -0.05) is 24.3 Å². The molecule has 4 rings (SSSR count). The molecule has 0 aliphatic heterocycles. The predicted molar refractivity (Wildman–Crippen MR) is 103 cm³/mol. The lowest BCUT2D eigenvalue weighted by Gasteiger charge is -2.09. The van der Waals surface area contributed by atoms with Gasteiger partial charge in [-0.25, -0.2) is 4.98 Å². The molecule has 0 saturated heterocycles. The van der Waals surface area contributed by atoms with Gasteiger partial charge in [0.1, 0.15) is 0 Å². The first-order chi connectivity index (χ1) is 13.4. The second-order valence-corrected chi connectivity index (χ2v) is 6.80. The van der Waals surface area contributed by atoms with Crippen molar-refractivity contribution >= 4 is 28.4 Å². The summed E-state index contributed by atoms with van der Waals surface area (Å²) in [6.07, 6.45) is 3.89. The van der Waals surface area contributed by atoms with Gasteiger partial charge in [-0.15, -0.1) is 11.3 Å². The Labute approximate surface area is 161 Å². The van der Waals surface area contributed by atoms with Gasteiger partial charge in [0.05, 0.1) is 16.8 Å². The lowest BCUT2D eigenvalue weighted by Crippen LogP contribution is -2.17. The largest absolute Gasteiger partial charge is 0.416 e. The first kappa shape index (κ1) is 18.1. The van der Waals surface area contributed by atoms with Crippen molar-refractivity contribution in [3.05, 3.63) is 87.5 Å². The van der Waals surface area contributed by atoms with Gasteiger partial charge in [0.2, 0.25) is 0 Å². The number of thiazole rings is 1. The Bertz CT molecular complexity index is 1210. The maximum Gasteiger partial charge on any atom is 0.416 e. The van der Waals surface area contributed by atoms with E-state index in [-0.39, 0.29) is 11.1 Å². The first-order valence-corrected chi connectivity index (χ1v) is 9.07. The molecule has 0 spiro atoms. The number of rotatable bonds is 3. The summed E-state index contributed by atoms with van der Waals surface area (Å²) >= 11 is 1.30. The topological polar surface area (TPSA) is 47.3 Å². The van der Waals surface area contributed by atoms with Crippen molar-refractivity contribution in [2.45, 2.75) is 6.18 Å². The van der Waals surface area contributed by atoms with Crippen LogP contribution < -0.4 is 5.56 Å². The van der Waals surface area contributed by atoms with Gasteiger partial charge in [-0.2, -0.15) is 13.2 Å². The highest BCUT2D eigenvalue weighted by Crippen LogP contribution is 2.31. The molecule has 1 aromatic carbocycles. The molecule has 0 aliphatic carbocycles. The van der Waals surface area contributed by atoms with E-state index in [1.165, 1.54) is 27.9 Å². The van der Waals surface area contributed by atoms with Crippen molar-refractivity contribution in [2.75, 3.05) is 0 Å². The van der Waals surface area contributed by atoms with Crippen molar-refractivity contribution in [1.82, 2.24) is 14.4 Å². The van der Waals surface area contributed by atoms with Crippen LogP contribution >= 0.6 is 11.3 Å². The molecule has 0 saturated carbocycles. The standard InChI is InChI=1S/C20H12F3N3OS/c21-20(22,23)15-6-4-14(5-7-15)17-16(8-3-13-2-1-9-24-12-13)25-19-26(18(17)27)10-11-28-19/h1-12H. The normalized spacial score (nSPS) is 12.1. The van der Waals surface area contributed by atoms with Gasteiger partial charge in [0.15, 0.2) is 4.96 Å². The van der Waals surface area contributed by atoms with E-state index in [0.29, 0.717) is 16.2 Å². The van der Waals surface area contributed by atoms with Crippen LogP contribution in [0.2, 0.25) is 0 Å². The molecule has 0 radical (unpaired) electrons. The zero-order valence-corrected chi connectivity index (χ0v) is 15.0. The minimum Gasteiger partial charge on any atom is -0.268 e. The third-order valence-electron chi connectivity index (χ3n) is 4.11. The van der Waals surface area contributed by atoms with Gasteiger partial charge < -0.3 is 0 Å². The molecule has 0 fully saturated rings. The Hall–Kier alpha value is -3.26. The van der Waals surface area contributed by atoms with E-state index >= 15 is 0 Å². The van der Waals surface area contributed by atoms with E-state index in [4.69, 9.17) is 0 Å². The maximum absolute atomic E-state index is 13.0. The number of nitrogens with zero attached hydrogens (tertiary/aromatic N) is 3. The average Bonchev–Trinajstić information content (AvgIpc) is 3.16. The summed E-state index contributed by atoms with van der Waals surface area (Å²) < 4.78 is 40.0. The molecular formula is C20H12F3N3OS. The van der Waals surface area contributed by atoms with Gasteiger partial charge in [0.25, 0.3) is 5.56 Å². The van der Waals surface area contributed by atoms with Crippen LogP contribution in [0.4, 0.5) is 13.2 Å². The van der Waals surface area contributed by atoms with E-state index < -0.39 is 11.7 Å². The molecule has 0 unspecified atom stereocenters. The Balaban J connectivity index is 1.87. The summed E-state index contributed by atoms with van der Waals surface area (Å²) in [5.74, 6) is 0. The Morgan fingerprint density at radius 3 is 2.54 bits per heavy atom. The highest BCUT2D eigenvalue weighted by Gasteiger charge is 2.30. The number of hydrogen-bond donors (Lipinski definition) is 0. The molecule has 0 atom stereocenters. The highest BCUT2D eigenvalue weighted by molar-refractivity contribution is 7.15. The summed E-state index contributed by atoms with van der Waals surface area (Å²) in [4.78, 5) is 22.0. The van der Waals surface area contributed by atoms with Crippen molar-refractivity contribution in [3.8, 4) is 11.1 Å². The molecule has 28 heavy (non-hydrogen) atoms. The highest BCUT2D eigenvalue weighted by atomic mass is 32.1. The summed E-state index contributed by atoms with van der Waals surface area (Å²) in [5, 5.41) is 1.73. The molecule has 3 heterocycles. The molecule has 3 aromatic heterocycles. The van der Waals surface area contributed by atoms with Gasteiger partial charge in [-0.3, -0.25) is 14.2 Å². The van der Waals surface area contributed by atoms with Crippen LogP contribution in [0.1, 0.15) is 16.8 Å². The number of pyridine rings is 1. The Morgan fingerprint density at radius 2 is 1.86 bits per heavy atom. The molecule has 4 nitrogen and oxygen atoms in total. The van der Waals surface area contributed by atoms with Crippen molar-refractivity contribution in [1.29, 1.82) is 0 Å². The van der Waals surface area contributed by atoms with Crippen LogP contribution in [-0.4, -0.2) is 14.4 Å². The smallest absolute Gasteiger partial charge is 0.268 e. The summed E-state index contributed by atoms with van der Waals surface area (Å²) in [6, 6.07) is 8.14. The van der Waals surface area contributed by atoms with E-state index in [0.717, 1.165) is 17.7 Å². The van der Waals surface area contributed by atoms with E-state index in [9.17, 15) is 18.0 Å². The number of benzene rings is 1. The van der Waals surface area contributed by atoms with Crippen LogP contribution in [-0.2, 0) is 6.18 Å². The number of fused-ring (bicyclic) bond motifs is 1. The minimum atomic E-state index is -4.44. The number of alkyl halides is 3. The van der Waals surface area contributed by atoms with Crippen LogP contribution in [0.5, 0.6) is 0 Å². The predicted octanol–water partition coefficient (Wildman–Crippen LogP) is 5.01. The fraction of sp³-hybridized carbons (Fsp3) is 0.0500. The quantitative estimate of drug-likeness (QED) is 0.487. The number of halogens is 3. The SMILES string of the molecule is O=c1c(-c2ccc(C(F)(F)F)cc2)c(C=Cc2cccnc2)nc2sccn12. The zero-order valence-electron chi connectivity index (χ0n) is 14.2. The van der Waals surface area contributed by atoms with Crippen molar-refractivity contribution in [2.24, 2.45) is 0 Å². The third kappa shape index (κ3) is 3.46. The van der Waals surface area contributed by atoms with Gasteiger partial charge in [0, 0.05) is 24.0 Å². The molecule has 0 bridgehead atoms. The second-order valence-electron chi connectivity index (χ2n) is 5.93. The first-order valence-electron chi connectivity index (χ1n) is 8.19. The zero-order chi connectivity index (χ0) is 19.7. The molecule has 8 heteroatoms. The molecule has 4 aromatic rings. The Kier molecular flexibility index (Phi) is 4.56. The van der Waals surface area contributed by atoms with Gasteiger partial charge >= 0.3 is 6.18 Å². The monoisotopic (exact) mass is 399 g/mol. The third-order valence-corrected chi connectivity index (χ3v) is 4.87. The molecule has 0 N–H and O–H groups in total. The van der Waals surface area contributed by atoms with Crippen molar-refractivity contribution in [3.63, 3.8) is 0 Å². The van der Waals surface area contributed by atoms with E-state index in [1.807, 2.05) is 6.07 Å². The molecular weight excluding hydrogens is 387 g/mol. The minimum absolute atomic E-state index is 0.241. The van der Waals surface area contributed by atoms with Crippen LogP contribution in [0, 0.1) is 0 Å². The molecule has 140 valence electrons. The summed E-state index contributed by atoms with van der Waals surface area (Å²) in [5.41, 5.74) is 0.706. The van der Waals surface area contributed by atoms with Crippen LogP contribution in [0.15, 0.2) is 65.2 Å². The number of hydrogen-bond acceptors (Lipinski definition) is 4. The van der Waals surface area contributed by atoms with Crippen LogP contribution in [0.3, 0.4) is 0 Å². The second kappa shape index (κ2) is 7.05. The fourth-order valence-electron chi connectivity index (χ4n) is 2.76. The van der Waals surface area contributed by atoms with Crippen LogP contribution in [0.25, 0.3) is 28.2 Å².